The molecule has 0 saturated carbocycles. The highest BCUT2D eigenvalue weighted by atomic mass is 32.1. The van der Waals surface area contributed by atoms with Gasteiger partial charge in [-0.2, -0.15) is 0 Å². The number of carbonyl (C=O) groups excluding carboxylic acids is 1. The van der Waals surface area contributed by atoms with Crippen molar-refractivity contribution in [1.82, 2.24) is 10.3 Å². The monoisotopic (exact) mass is 274 g/mol. The molecule has 0 atom stereocenters. The van der Waals surface area contributed by atoms with E-state index in [0.29, 0.717) is 0 Å². The van der Waals surface area contributed by atoms with Crippen LogP contribution in [-0.2, 0) is 6.42 Å². The lowest BCUT2D eigenvalue weighted by Gasteiger charge is -2.06. The number of amides is 1. The zero-order valence-corrected chi connectivity index (χ0v) is 12.3. The van der Waals surface area contributed by atoms with Gasteiger partial charge >= 0.3 is 0 Å². The quantitative estimate of drug-likeness (QED) is 0.930. The van der Waals surface area contributed by atoms with E-state index in [1.807, 2.05) is 39.0 Å². The van der Waals surface area contributed by atoms with Gasteiger partial charge in [0.15, 0.2) is 0 Å². The van der Waals surface area contributed by atoms with Crippen LogP contribution in [0.1, 0.15) is 39.8 Å². The van der Waals surface area contributed by atoms with E-state index in [9.17, 15) is 4.79 Å². The van der Waals surface area contributed by atoms with Crippen molar-refractivity contribution in [3.05, 3.63) is 51.5 Å². The number of nitrogens with zero attached hydrogens (tertiary/aromatic N) is 1. The van der Waals surface area contributed by atoms with E-state index >= 15 is 0 Å². The Labute approximate surface area is 117 Å². The molecule has 1 N–H and O–H groups in total. The van der Waals surface area contributed by atoms with Crippen molar-refractivity contribution in [2.45, 2.75) is 33.2 Å². The predicted molar refractivity (Wildman–Crippen MR) is 78.7 cm³/mol. The topological polar surface area (TPSA) is 42.0 Å². The van der Waals surface area contributed by atoms with Crippen LogP contribution in [0.3, 0.4) is 0 Å². The summed E-state index contributed by atoms with van der Waals surface area (Å²) in [6.45, 7) is 5.80. The number of benzene rings is 1. The van der Waals surface area contributed by atoms with Gasteiger partial charge in [-0.1, -0.05) is 30.3 Å². The summed E-state index contributed by atoms with van der Waals surface area (Å²) in [6.07, 6.45) is 0.779. The third-order valence-corrected chi connectivity index (χ3v) is 3.82. The van der Waals surface area contributed by atoms with Crippen LogP contribution in [0, 0.1) is 6.92 Å². The van der Waals surface area contributed by atoms with Gasteiger partial charge in [-0.3, -0.25) is 4.79 Å². The molecule has 0 bridgehead atoms. The predicted octanol–water partition coefficient (Wildman–Crippen LogP) is 3.18. The van der Waals surface area contributed by atoms with Crippen molar-refractivity contribution < 1.29 is 4.79 Å². The third kappa shape index (κ3) is 3.64. The number of carbonyl (C=O) groups is 1. The van der Waals surface area contributed by atoms with Crippen LogP contribution in [0.5, 0.6) is 0 Å². The van der Waals surface area contributed by atoms with Crippen LogP contribution in [0.15, 0.2) is 30.3 Å². The SMILES string of the molecule is Cc1nc(Cc2ccccc2)sc1C(=O)NC(C)C. The van der Waals surface area contributed by atoms with E-state index in [1.54, 1.807) is 0 Å². The molecule has 1 aromatic heterocycles. The first-order valence-electron chi connectivity index (χ1n) is 6.37. The average molecular weight is 274 g/mol. The maximum Gasteiger partial charge on any atom is 0.263 e. The smallest absolute Gasteiger partial charge is 0.263 e. The first-order valence-corrected chi connectivity index (χ1v) is 7.19. The van der Waals surface area contributed by atoms with E-state index in [1.165, 1.54) is 16.9 Å². The number of nitrogens with one attached hydrogen (secondary N) is 1. The zero-order chi connectivity index (χ0) is 13.8. The van der Waals surface area contributed by atoms with Gasteiger partial charge in [0.2, 0.25) is 0 Å². The Hall–Kier alpha value is -1.68. The Morgan fingerprint density at radius 3 is 2.63 bits per heavy atom. The second-order valence-electron chi connectivity index (χ2n) is 4.81. The number of hydrogen-bond acceptors (Lipinski definition) is 3. The second-order valence-corrected chi connectivity index (χ2v) is 5.90. The van der Waals surface area contributed by atoms with Gasteiger partial charge in [0.05, 0.1) is 10.7 Å². The summed E-state index contributed by atoms with van der Waals surface area (Å²) in [4.78, 5) is 17.2. The number of aryl methyl sites for hydroxylation is 1. The van der Waals surface area contributed by atoms with E-state index in [2.05, 4.69) is 22.4 Å². The van der Waals surface area contributed by atoms with Gasteiger partial charge in [-0.15, -0.1) is 11.3 Å². The minimum absolute atomic E-state index is 0.0238. The zero-order valence-electron chi connectivity index (χ0n) is 11.4. The van der Waals surface area contributed by atoms with Crippen molar-refractivity contribution in [1.29, 1.82) is 0 Å². The van der Waals surface area contributed by atoms with Gasteiger partial charge in [0.1, 0.15) is 4.88 Å². The molecular formula is C15H18N2OS. The number of thiazole rings is 1. The van der Waals surface area contributed by atoms with Crippen LogP contribution in [-0.4, -0.2) is 16.9 Å². The molecule has 4 heteroatoms. The molecule has 0 saturated heterocycles. The fourth-order valence-corrected chi connectivity index (χ4v) is 2.84. The van der Waals surface area contributed by atoms with Crippen LogP contribution >= 0.6 is 11.3 Å². The Morgan fingerprint density at radius 1 is 1.32 bits per heavy atom. The highest BCUT2D eigenvalue weighted by Gasteiger charge is 2.15. The fraction of sp³-hybridized carbons (Fsp3) is 0.333. The van der Waals surface area contributed by atoms with Gasteiger partial charge in [-0.25, -0.2) is 4.98 Å². The molecule has 2 aromatic rings. The summed E-state index contributed by atoms with van der Waals surface area (Å²) in [5.74, 6) is -0.0238. The van der Waals surface area contributed by atoms with Gasteiger partial charge in [0, 0.05) is 12.5 Å². The minimum atomic E-state index is -0.0238. The number of rotatable bonds is 4. The first-order chi connectivity index (χ1) is 9.06. The van der Waals surface area contributed by atoms with Crippen molar-refractivity contribution in [3.8, 4) is 0 Å². The van der Waals surface area contributed by atoms with Crippen molar-refractivity contribution in [2.24, 2.45) is 0 Å². The lowest BCUT2D eigenvalue weighted by molar-refractivity contribution is 0.0946. The van der Waals surface area contributed by atoms with Gasteiger partial charge < -0.3 is 5.32 Å². The van der Waals surface area contributed by atoms with E-state index < -0.39 is 0 Å². The van der Waals surface area contributed by atoms with E-state index in [4.69, 9.17) is 0 Å². The molecule has 1 amide bonds. The molecule has 100 valence electrons. The Morgan fingerprint density at radius 2 is 2.00 bits per heavy atom. The molecule has 0 aliphatic rings. The molecule has 0 aliphatic carbocycles. The molecule has 3 nitrogen and oxygen atoms in total. The lowest BCUT2D eigenvalue weighted by Crippen LogP contribution is -2.29. The van der Waals surface area contributed by atoms with Crippen LogP contribution < -0.4 is 5.32 Å². The number of aromatic nitrogens is 1. The summed E-state index contributed by atoms with van der Waals surface area (Å²) in [7, 11) is 0. The van der Waals surface area contributed by atoms with Gasteiger partial charge in [0.25, 0.3) is 5.91 Å². The minimum Gasteiger partial charge on any atom is -0.349 e. The molecular weight excluding hydrogens is 256 g/mol. The molecule has 0 radical (unpaired) electrons. The summed E-state index contributed by atoms with van der Waals surface area (Å²) in [6, 6.07) is 10.3. The number of hydrogen-bond donors (Lipinski definition) is 1. The molecule has 19 heavy (non-hydrogen) atoms. The summed E-state index contributed by atoms with van der Waals surface area (Å²) >= 11 is 1.48. The molecule has 0 unspecified atom stereocenters. The van der Waals surface area contributed by atoms with E-state index in [-0.39, 0.29) is 11.9 Å². The van der Waals surface area contributed by atoms with Crippen LogP contribution in [0.4, 0.5) is 0 Å². The standard InChI is InChI=1S/C15H18N2OS/c1-10(2)16-15(18)14-11(3)17-13(19-14)9-12-7-5-4-6-8-12/h4-8,10H,9H2,1-3H3,(H,16,18). The fourth-order valence-electron chi connectivity index (χ4n) is 1.84. The normalized spacial score (nSPS) is 10.7. The maximum atomic E-state index is 12.0. The summed E-state index contributed by atoms with van der Waals surface area (Å²) < 4.78 is 0. The summed E-state index contributed by atoms with van der Waals surface area (Å²) in [5, 5.41) is 3.89. The van der Waals surface area contributed by atoms with Crippen LogP contribution in [0.25, 0.3) is 0 Å². The highest BCUT2D eigenvalue weighted by Crippen LogP contribution is 2.20. The Bertz CT molecular complexity index is 561. The third-order valence-electron chi connectivity index (χ3n) is 2.67. The summed E-state index contributed by atoms with van der Waals surface area (Å²) in [5.41, 5.74) is 2.03. The lowest BCUT2D eigenvalue weighted by atomic mass is 10.2. The Kier molecular flexibility index (Phi) is 4.32. The second kappa shape index (κ2) is 5.97. The Balaban J connectivity index is 2.15. The first kappa shape index (κ1) is 13.7. The molecule has 2 rings (SSSR count). The molecule has 0 fully saturated rings. The largest absolute Gasteiger partial charge is 0.349 e. The van der Waals surface area contributed by atoms with Crippen molar-refractivity contribution in [2.75, 3.05) is 0 Å². The molecule has 0 spiro atoms. The van der Waals surface area contributed by atoms with Crippen molar-refractivity contribution in [3.63, 3.8) is 0 Å². The molecule has 1 heterocycles. The van der Waals surface area contributed by atoms with E-state index in [0.717, 1.165) is 22.0 Å². The molecule has 1 aromatic carbocycles. The average Bonchev–Trinajstić information content (AvgIpc) is 2.70. The van der Waals surface area contributed by atoms with Gasteiger partial charge in [-0.05, 0) is 26.3 Å². The van der Waals surface area contributed by atoms with Crippen LogP contribution in [0.2, 0.25) is 0 Å². The maximum absolute atomic E-state index is 12.0. The van der Waals surface area contributed by atoms with Crippen molar-refractivity contribution >= 4 is 17.2 Å². The molecule has 0 aliphatic heterocycles. The highest BCUT2D eigenvalue weighted by molar-refractivity contribution is 7.13.